The third kappa shape index (κ3) is 4.90. The van der Waals surface area contributed by atoms with Crippen LogP contribution in [0, 0.1) is 5.92 Å². The van der Waals surface area contributed by atoms with E-state index in [1.807, 2.05) is 35.2 Å². The van der Waals surface area contributed by atoms with Gasteiger partial charge in [-0.3, -0.25) is 4.79 Å². The first kappa shape index (κ1) is 18.9. The minimum Gasteiger partial charge on any atom is -0.367 e. The third-order valence-corrected chi connectivity index (χ3v) is 5.92. The van der Waals surface area contributed by atoms with Gasteiger partial charge in [0.05, 0.1) is 0 Å². The molecule has 1 amide bonds. The van der Waals surface area contributed by atoms with Crippen molar-refractivity contribution >= 4 is 11.7 Å². The molecule has 2 N–H and O–H groups in total. The zero-order chi connectivity index (χ0) is 19.2. The number of pyridine rings is 1. The van der Waals surface area contributed by atoms with Crippen molar-refractivity contribution in [2.75, 3.05) is 31.5 Å². The van der Waals surface area contributed by atoms with Gasteiger partial charge >= 0.3 is 0 Å². The molecule has 2 aromatic rings. The van der Waals surface area contributed by atoms with Crippen molar-refractivity contribution in [3.05, 3.63) is 59.8 Å². The molecule has 4 rings (SSSR count). The molecule has 0 spiro atoms. The van der Waals surface area contributed by atoms with Crippen LogP contribution in [0.15, 0.2) is 48.7 Å². The molecule has 28 heavy (non-hydrogen) atoms. The van der Waals surface area contributed by atoms with E-state index in [0.29, 0.717) is 6.04 Å². The van der Waals surface area contributed by atoms with Gasteiger partial charge in [-0.1, -0.05) is 18.2 Å². The Labute approximate surface area is 167 Å². The maximum Gasteiger partial charge on any atom is 0.253 e. The van der Waals surface area contributed by atoms with E-state index in [0.717, 1.165) is 62.7 Å². The molecule has 5 heteroatoms. The molecule has 0 radical (unpaired) electrons. The Hall–Kier alpha value is -2.40. The quantitative estimate of drug-likeness (QED) is 0.838. The van der Waals surface area contributed by atoms with Gasteiger partial charge in [-0.15, -0.1) is 0 Å². The number of rotatable bonds is 5. The SMILES string of the molecule is O=C(c1ccc(CC2CCCNC2)cc1)N1CCC(Nc2ccccn2)CC1. The summed E-state index contributed by atoms with van der Waals surface area (Å²) in [6.45, 7) is 3.85. The van der Waals surface area contributed by atoms with Crippen LogP contribution in [-0.2, 0) is 6.42 Å². The lowest BCUT2D eigenvalue weighted by Crippen LogP contribution is -2.42. The molecular weight excluding hydrogens is 348 g/mol. The predicted molar refractivity (Wildman–Crippen MR) is 113 cm³/mol. The van der Waals surface area contributed by atoms with E-state index in [9.17, 15) is 4.79 Å². The van der Waals surface area contributed by atoms with Gasteiger partial charge in [-0.25, -0.2) is 4.98 Å². The summed E-state index contributed by atoms with van der Waals surface area (Å²) < 4.78 is 0. The van der Waals surface area contributed by atoms with E-state index in [1.165, 1.54) is 18.4 Å². The Bertz CT molecular complexity index is 748. The molecule has 3 heterocycles. The number of hydrogen-bond donors (Lipinski definition) is 2. The van der Waals surface area contributed by atoms with Crippen LogP contribution < -0.4 is 10.6 Å². The standard InChI is InChI=1S/C23H30N4O/c28-23(20-8-6-18(7-9-20)16-19-4-3-12-24-17-19)27-14-10-21(11-15-27)26-22-5-1-2-13-25-22/h1-2,5-9,13,19,21,24H,3-4,10-12,14-17H2,(H,25,26). The van der Waals surface area contributed by atoms with Crippen LogP contribution in [-0.4, -0.2) is 48.0 Å². The number of nitrogens with one attached hydrogen (secondary N) is 2. The Balaban J connectivity index is 1.27. The third-order valence-electron chi connectivity index (χ3n) is 5.92. The summed E-state index contributed by atoms with van der Waals surface area (Å²) in [5, 5.41) is 6.95. The molecule has 1 atom stereocenters. The van der Waals surface area contributed by atoms with Gasteiger partial charge < -0.3 is 15.5 Å². The second-order valence-corrected chi connectivity index (χ2v) is 8.04. The van der Waals surface area contributed by atoms with Crippen molar-refractivity contribution < 1.29 is 4.79 Å². The van der Waals surface area contributed by atoms with Crippen LogP contribution in [0.3, 0.4) is 0 Å². The minimum atomic E-state index is 0.155. The summed E-state index contributed by atoms with van der Waals surface area (Å²) in [6.07, 6.45) is 7.38. The monoisotopic (exact) mass is 378 g/mol. The average Bonchev–Trinajstić information content (AvgIpc) is 2.76. The molecule has 2 saturated heterocycles. The number of nitrogens with zero attached hydrogens (tertiary/aromatic N) is 2. The molecular formula is C23H30N4O. The van der Waals surface area contributed by atoms with Crippen LogP contribution in [0.25, 0.3) is 0 Å². The summed E-state index contributed by atoms with van der Waals surface area (Å²) in [6, 6.07) is 14.6. The molecule has 0 bridgehead atoms. The molecule has 0 aliphatic carbocycles. The Kier molecular flexibility index (Phi) is 6.22. The number of carbonyl (C=O) groups is 1. The van der Waals surface area contributed by atoms with Crippen molar-refractivity contribution in [1.82, 2.24) is 15.2 Å². The van der Waals surface area contributed by atoms with Gasteiger partial charge in [0, 0.05) is 30.9 Å². The number of benzene rings is 1. The Morgan fingerprint density at radius 1 is 1.11 bits per heavy atom. The van der Waals surface area contributed by atoms with E-state index in [-0.39, 0.29) is 5.91 Å². The first-order valence-corrected chi connectivity index (χ1v) is 10.5. The van der Waals surface area contributed by atoms with Crippen LogP contribution >= 0.6 is 0 Å². The number of amides is 1. The number of piperidine rings is 2. The largest absolute Gasteiger partial charge is 0.367 e. The molecule has 1 unspecified atom stereocenters. The molecule has 2 fully saturated rings. The van der Waals surface area contributed by atoms with Crippen molar-refractivity contribution in [2.45, 2.75) is 38.1 Å². The molecule has 5 nitrogen and oxygen atoms in total. The second-order valence-electron chi connectivity index (χ2n) is 8.04. The van der Waals surface area contributed by atoms with E-state index >= 15 is 0 Å². The van der Waals surface area contributed by atoms with Gasteiger partial charge in [0.25, 0.3) is 5.91 Å². The number of aromatic nitrogens is 1. The minimum absolute atomic E-state index is 0.155. The normalized spacial score (nSPS) is 20.7. The summed E-state index contributed by atoms with van der Waals surface area (Å²) in [5.74, 6) is 1.79. The molecule has 2 aliphatic heterocycles. The highest BCUT2D eigenvalue weighted by molar-refractivity contribution is 5.94. The first-order chi connectivity index (χ1) is 13.8. The lowest BCUT2D eigenvalue weighted by molar-refractivity contribution is 0.0718. The maximum atomic E-state index is 12.8. The number of carbonyl (C=O) groups excluding carboxylic acids is 1. The van der Waals surface area contributed by atoms with Crippen LogP contribution in [0.2, 0.25) is 0 Å². The van der Waals surface area contributed by atoms with Crippen molar-refractivity contribution in [1.29, 1.82) is 0 Å². The van der Waals surface area contributed by atoms with Gasteiger partial charge in [0.15, 0.2) is 0 Å². The van der Waals surface area contributed by atoms with Crippen LogP contribution in [0.1, 0.15) is 41.6 Å². The van der Waals surface area contributed by atoms with Crippen LogP contribution in [0.5, 0.6) is 0 Å². The van der Waals surface area contributed by atoms with Gasteiger partial charge in [0.2, 0.25) is 0 Å². The van der Waals surface area contributed by atoms with Crippen molar-refractivity contribution in [2.24, 2.45) is 5.92 Å². The summed E-state index contributed by atoms with van der Waals surface area (Å²) in [7, 11) is 0. The average molecular weight is 379 g/mol. The van der Waals surface area contributed by atoms with E-state index < -0.39 is 0 Å². The topological polar surface area (TPSA) is 57.3 Å². The first-order valence-electron chi connectivity index (χ1n) is 10.5. The highest BCUT2D eigenvalue weighted by Gasteiger charge is 2.24. The zero-order valence-electron chi connectivity index (χ0n) is 16.4. The number of anilines is 1. The number of likely N-dealkylation sites (tertiary alicyclic amines) is 1. The van der Waals surface area contributed by atoms with E-state index in [2.05, 4.69) is 27.8 Å². The second kappa shape index (κ2) is 9.20. The summed E-state index contributed by atoms with van der Waals surface area (Å²) >= 11 is 0. The molecule has 148 valence electrons. The van der Waals surface area contributed by atoms with Gasteiger partial charge in [0.1, 0.15) is 5.82 Å². The lowest BCUT2D eigenvalue weighted by atomic mass is 9.92. The highest BCUT2D eigenvalue weighted by atomic mass is 16.2. The summed E-state index contributed by atoms with van der Waals surface area (Å²) in [4.78, 5) is 19.2. The fraction of sp³-hybridized carbons (Fsp3) is 0.478. The van der Waals surface area contributed by atoms with Crippen LogP contribution in [0.4, 0.5) is 5.82 Å². The molecule has 1 aromatic carbocycles. The van der Waals surface area contributed by atoms with E-state index in [4.69, 9.17) is 0 Å². The van der Waals surface area contributed by atoms with Gasteiger partial charge in [-0.2, -0.15) is 0 Å². The smallest absolute Gasteiger partial charge is 0.253 e. The summed E-state index contributed by atoms with van der Waals surface area (Å²) in [5.41, 5.74) is 2.14. The van der Waals surface area contributed by atoms with E-state index in [1.54, 1.807) is 6.20 Å². The zero-order valence-corrected chi connectivity index (χ0v) is 16.4. The fourth-order valence-electron chi connectivity index (χ4n) is 4.28. The van der Waals surface area contributed by atoms with Gasteiger partial charge in [-0.05, 0) is 80.9 Å². The number of hydrogen-bond acceptors (Lipinski definition) is 4. The molecule has 0 saturated carbocycles. The fourth-order valence-corrected chi connectivity index (χ4v) is 4.28. The van der Waals surface area contributed by atoms with Crippen molar-refractivity contribution in [3.8, 4) is 0 Å². The highest BCUT2D eigenvalue weighted by Crippen LogP contribution is 2.19. The lowest BCUT2D eigenvalue weighted by Gasteiger charge is -2.32. The molecule has 1 aromatic heterocycles. The Morgan fingerprint density at radius 2 is 1.93 bits per heavy atom. The van der Waals surface area contributed by atoms with Crippen molar-refractivity contribution in [3.63, 3.8) is 0 Å². The maximum absolute atomic E-state index is 12.8. The Morgan fingerprint density at radius 3 is 2.61 bits per heavy atom. The molecule has 2 aliphatic rings. The predicted octanol–water partition coefficient (Wildman–Crippen LogP) is 3.34.